The maximum Gasteiger partial charge on any atom is 0.265 e. The van der Waals surface area contributed by atoms with Crippen molar-refractivity contribution in [3.05, 3.63) is 47.1 Å². The van der Waals surface area contributed by atoms with Crippen molar-refractivity contribution in [2.75, 3.05) is 29.3 Å². The SMILES string of the molecule is C[C@H](C(=O)N1CCSCC1)[C@@H]1CC[C@@]2(C)Cc3sc(NS(=O)(=O)c4cccc5cccnc45)nc3[C@@H](C)[C@@H]2[C@H]1O. The van der Waals surface area contributed by atoms with E-state index in [2.05, 4.69) is 23.6 Å². The van der Waals surface area contributed by atoms with Crippen LogP contribution in [0.1, 0.15) is 50.1 Å². The number of aromatic nitrogens is 2. The molecule has 214 valence electrons. The number of aliphatic hydroxyl groups excluding tert-OH is 1. The molecule has 3 aliphatic rings. The molecule has 2 aliphatic carbocycles. The molecule has 0 bridgehead atoms. The van der Waals surface area contributed by atoms with Crippen molar-refractivity contribution in [2.45, 2.75) is 57.0 Å². The van der Waals surface area contributed by atoms with Crippen molar-refractivity contribution < 1.29 is 18.3 Å². The average molecular weight is 601 g/mol. The molecule has 6 atom stereocenters. The number of sulfonamides is 1. The Morgan fingerprint density at radius 2 is 1.98 bits per heavy atom. The van der Waals surface area contributed by atoms with E-state index in [0.717, 1.165) is 59.8 Å². The van der Waals surface area contributed by atoms with Crippen LogP contribution in [0.3, 0.4) is 0 Å². The number of carbonyl (C=O) groups excluding carboxylic acids is 1. The lowest BCUT2D eigenvalue weighted by atomic mass is 9.53. The van der Waals surface area contributed by atoms with Gasteiger partial charge in [-0.15, -0.1) is 11.3 Å². The van der Waals surface area contributed by atoms with Crippen LogP contribution in [0.2, 0.25) is 0 Å². The molecule has 0 unspecified atom stereocenters. The molecule has 40 heavy (non-hydrogen) atoms. The Labute approximate surface area is 244 Å². The second-order valence-electron chi connectivity index (χ2n) is 11.8. The summed E-state index contributed by atoms with van der Waals surface area (Å²) in [4.78, 5) is 25.6. The van der Waals surface area contributed by atoms with Crippen LogP contribution in [-0.4, -0.2) is 65.0 Å². The molecule has 1 aliphatic heterocycles. The fraction of sp³-hybridized carbons (Fsp3) is 0.552. The van der Waals surface area contributed by atoms with Gasteiger partial charge in [0.1, 0.15) is 4.90 Å². The van der Waals surface area contributed by atoms with Crippen LogP contribution in [0.4, 0.5) is 5.13 Å². The van der Waals surface area contributed by atoms with E-state index < -0.39 is 16.1 Å². The predicted molar refractivity (Wildman–Crippen MR) is 160 cm³/mol. The van der Waals surface area contributed by atoms with Crippen LogP contribution in [-0.2, 0) is 21.2 Å². The molecule has 6 rings (SSSR count). The van der Waals surface area contributed by atoms with E-state index in [4.69, 9.17) is 4.98 Å². The molecule has 11 heteroatoms. The zero-order valence-electron chi connectivity index (χ0n) is 23.0. The molecule has 0 spiro atoms. The van der Waals surface area contributed by atoms with Crippen LogP contribution in [0, 0.1) is 23.2 Å². The van der Waals surface area contributed by atoms with Crippen molar-refractivity contribution in [2.24, 2.45) is 23.2 Å². The number of fused-ring (bicyclic) bond motifs is 3. The highest BCUT2D eigenvalue weighted by molar-refractivity contribution is 7.99. The minimum Gasteiger partial charge on any atom is -0.392 e. The van der Waals surface area contributed by atoms with Crippen LogP contribution in [0.5, 0.6) is 0 Å². The minimum atomic E-state index is -3.91. The van der Waals surface area contributed by atoms with E-state index >= 15 is 0 Å². The molecule has 1 aromatic carbocycles. The first-order chi connectivity index (χ1) is 19.1. The highest BCUT2D eigenvalue weighted by Crippen LogP contribution is 2.57. The Morgan fingerprint density at radius 1 is 1.23 bits per heavy atom. The molecule has 3 heterocycles. The third-order valence-electron chi connectivity index (χ3n) is 9.38. The lowest BCUT2D eigenvalue weighted by Crippen LogP contribution is -2.54. The third-order valence-corrected chi connectivity index (χ3v) is 12.8. The van der Waals surface area contributed by atoms with E-state index in [1.165, 1.54) is 11.3 Å². The number of pyridine rings is 1. The molecular weight excluding hydrogens is 565 g/mol. The summed E-state index contributed by atoms with van der Waals surface area (Å²) >= 11 is 3.27. The van der Waals surface area contributed by atoms with Crippen molar-refractivity contribution in [3.8, 4) is 0 Å². The van der Waals surface area contributed by atoms with Gasteiger partial charge in [0.05, 0.1) is 17.3 Å². The lowest BCUT2D eigenvalue weighted by Gasteiger charge is -2.53. The summed E-state index contributed by atoms with van der Waals surface area (Å²) < 4.78 is 29.6. The number of benzene rings is 1. The number of hydrogen-bond donors (Lipinski definition) is 2. The van der Waals surface area contributed by atoms with E-state index in [1.54, 1.807) is 24.4 Å². The van der Waals surface area contributed by atoms with E-state index in [1.807, 2.05) is 35.7 Å². The second kappa shape index (κ2) is 10.6. The minimum absolute atomic E-state index is 0.0558. The molecule has 2 aromatic heterocycles. The summed E-state index contributed by atoms with van der Waals surface area (Å²) in [7, 11) is -3.91. The van der Waals surface area contributed by atoms with E-state index in [9.17, 15) is 18.3 Å². The molecular formula is C29H36N4O4S3. The standard InChI is InChI=1S/C29H36N4O4S3/c1-17(27(35)33-12-14-38-15-13-33)20-9-10-29(3)16-21-24(18(2)23(29)26(20)34)31-28(39-21)32-40(36,37)22-8-4-6-19-7-5-11-30-25(19)22/h4-8,11,17-18,20,23,26,34H,9-10,12-16H2,1-3H3,(H,31,32)/t17-,18-,20-,23+,26-,29-/m0/s1. The van der Waals surface area contributed by atoms with Crippen LogP contribution in [0.25, 0.3) is 10.9 Å². The van der Waals surface area contributed by atoms with Gasteiger partial charge in [-0.25, -0.2) is 13.4 Å². The highest BCUT2D eigenvalue weighted by Gasteiger charge is 2.54. The highest BCUT2D eigenvalue weighted by atomic mass is 32.2. The summed E-state index contributed by atoms with van der Waals surface area (Å²) in [5, 5.41) is 12.9. The molecule has 1 saturated carbocycles. The molecule has 1 saturated heterocycles. The summed E-state index contributed by atoms with van der Waals surface area (Å²) in [6.07, 6.45) is 3.42. The van der Waals surface area contributed by atoms with Gasteiger partial charge in [-0.3, -0.25) is 14.5 Å². The van der Waals surface area contributed by atoms with Gasteiger partial charge in [0, 0.05) is 52.9 Å². The van der Waals surface area contributed by atoms with Crippen LogP contribution in [0.15, 0.2) is 41.4 Å². The van der Waals surface area contributed by atoms with Gasteiger partial charge in [-0.05, 0) is 48.6 Å². The van der Waals surface area contributed by atoms with Crippen molar-refractivity contribution in [1.29, 1.82) is 0 Å². The number of nitrogens with one attached hydrogen (secondary N) is 1. The molecule has 2 fully saturated rings. The first-order valence-electron chi connectivity index (χ1n) is 14.0. The van der Waals surface area contributed by atoms with E-state index in [-0.39, 0.29) is 39.9 Å². The quantitative estimate of drug-likeness (QED) is 0.434. The zero-order chi connectivity index (χ0) is 28.2. The number of aliphatic hydroxyl groups is 1. The van der Waals surface area contributed by atoms with Gasteiger partial charge >= 0.3 is 0 Å². The number of amides is 1. The first-order valence-corrected chi connectivity index (χ1v) is 17.5. The smallest absolute Gasteiger partial charge is 0.265 e. The Balaban J connectivity index is 1.25. The average Bonchev–Trinajstić information content (AvgIpc) is 3.33. The summed E-state index contributed by atoms with van der Waals surface area (Å²) in [6, 6.07) is 8.74. The first kappa shape index (κ1) is 27.9. The number of nitrogens with zero attached hydrogens (tertiary/aromatic N) is 3. The number of anilines is 1. The Bertz CT molecular complexity index is 1530. The fourth-order valence-corrected chi connectivity index (χ4v) is 10.9. The van der Waals surface area contributed by atoms with Gasteiger partial charge in [0.15, 0.2) is 5.13 Å². The number of carbonyl (C=O) groups is 1. The summed E-state index contributed by atoms with van der Waals surface area (Å²) in [6.45, 7) is 7.87. The molecule has 8 nitrogen and oxygen atoms in total. The Hall–Kier alpha value is -2.21. The number of rotatable bonds is 5. The normalized spacial score (nSPS) is 29.4. The van der Waals surface area contributed by atoms with Gasteiger partial charge in [-0.2, -0.15) is 11.8 Å². The molecule has 3 aromatic rings. The van der Waals surface area contributed by atoms with Gasteiger partial charge in [-0.1, -0.05) is 39.0 Å². The van der Waals surface area contributed by atoms with Crippen molar-refractivity contribution in [1.82, 2.24) is 14.9 Å². The van der Waals surface area contributed by atoms with Crippen LogP contribution < -0.4 is 4.72 Å². The summed E-state index contributed by atoms with van der Waals surface area (Å²) in [5.74, 6) is 1.65. The maximum atomic E-state index is 13.4. The monoisotopic (exact) mass is 600 g/mol. The molecule has 2 N–H and O–H groups in total. The molecule has 0 radical (unpaired) electrons. The van der Waals surface area contributed by atoms with Gasteiger partial charge in [0.2, 0.25) is 5.91 Å². The van der Waals surface area contributed by atoms with Gasteiger partial charge in [0.25, 0.3) is 10.0 Å². The summed E-state index contributed by atoms with van der Waals surface area (Å²) in [5.41, 5.74) is 1.13. The van der Waals surface area contributed by atoms with Crippen molar-refractivity contribution >= 4 is 55.1 Å². The maximum absolute atomic E-state index is 13.4. The zero-order valence-corrected chi connectivity index (χ0v) is 25.5. The topological polar surface area (TPSA) is 112 Å². The van der Waals surface area contributed by atoms with E-state index in [0.29, 0.717) is 10.6 Å². The van der Waals surface area contributed by atoms with Crippen molar-refractivity contribution in [3.63, 3.8) is 0 Å². The number of thioether (sulfide) groups is 1. The third kappa shape index (κ3) is 4.82. The number of para-hydroxylation sites is 1. The Kier molecular flexibility index (Phi) is 7.38. The largest absolute Gasteiger partial charge is 0.392 e. The fourth-order valence-electron chi connectivity index (χ4n) is 7.31. The Morgan fingerprint density at radius 3 is 2.75 bits per heavy atom. The second-order valence-corrected chi connectivity index (χ2v) is 15.8. The predicted octanol–water partition coefficient (Wildman–Crippen LogP) is 4.76. The molecule has 1 amide bonds. The number of thiazole rings is 1. The van der Waals surface area contributed by atoms with Gasteiger partial charge < -0.3 is 10.0 Å². The van der Waals surface area contributed by atoms with Crippen LogP contribution >= 0.6 is 23.1 Å². The lowest BCUT2D eigenvalue weighted by molar-refractivity contribution is -0.144. The number of hydrogen-bond acceptors (Lipinski definition) is 8.